The van der Waals surface area contributed by atoms with Gasteiger partial charge in [0.15, 0.2) is 46.0 Å². The molecule has 0 aliphatic rings. The molecular weight excluding hydrogens is 1490 g/mol. The molecule has 115 heavy (non-hydrogen) atoms. The molecule has 8 rings (SSSR count). The molecule has 4 aromatic carbocycles. The monoisotopic (exact) mass is 1590 g/mol. The van der Waals surface area contributed by atoms with Gasteiger partial charge in [0.2, 0.25) is 0 Å². The van der Waals surface area contributed by atoms with Crippen LogP contribution in [0.5, 0.6) is 46.0 Å². The highest BCUT2D eigenvalue weighted by Crippen LogP contribution is 2.33. The number of aryl methyl sites for hydroxylation is 2. The molecule has 612 valence electrons. The van der Waals surface area contributed by atoms with E-state index in [2.05, 4.69) is 41.2 Å². The molecule has 4 aromatic heterocycles. The van der Waals surface area contributed by atoms with Crippen molar-refractivity contribution in [1.82, 2.24) is 60.0 Å². The second-order valence-corrected chi connectivity index (χ2v) is 26.2. The van der Waals surface area contributed by atoms with Crippen LogP contribution in [-0.4, -0.2) is 247 Å². The van der Waals surface area contributed by atoms with Crippen LogP contribution >= 0.6 is 0 Å². The Morgan fingerprint density at radius 1 is 0.296 bits per heavy atom. The quantitative estimate of drug-likeness (QED) is 0.0195. The van der Waals surface area contributed by atoms with Gasteiger partial charge in [-0.2, -0.15) is 0 Å². The molecule has 0 fully saturated rings. The van der Waals surface area contributed by atoms with Crippen LogP contribution in [-0.2, 0) is 144 Å². The van der Waals surface area contributed by atoms with Crippen LogP contribution in [0.25, 0.3) is 0 Å². The van der Waals surface area contributed by atoms with Crippen molar-refractivity contribution in [2.75, 3.05) is 132 Å². The van der Waals surface area contributed by atoms with Crippen LogP contribution in [0.4, 0.5) is 0 Å². The van der Waals surface area contributed by atoms with Gasteiger partial charge >= 0.3 is 23.9 Å². The Hall–Kier alpha value is -9.62. The minimum absolute atomic E-state index is 0.0659. The van der Waals surface area contributed by atoms with E-state index in [9.17, 15) is 19.2 Å². The first-order valence-electron chi connectivity index (χ1n) is 38.0. The van der Waals surface area contributed by atoms with Crippen molar-refractivity contribution in [2.45, 2.75) is 131 Å². The van der Waals surface area contributed by atoms with E-state index < -0.39 is 29.3 Å². The maximum Gasteiger partial charge on any atom is 0.308 e. The number of aromatic nitrogens is 12. The lowest BCUT2D eigenvalue weighted by Gasteiger charge is -2.33. The van der Waals surface area contributed by atoms with Crippen molar-refractivity contribution < 1.29 is 104 Å². The van der Waals surface area contributed by atoms with Crippen molar-refractivity contribution in [3.05, 3.63) is 143 Å². The molecule has 0 saturated carbocycles. The third-order valence-corrected chi connectivity index (χ3v) is 16.4. The number of ether oxygens (including phenoxy) is 18. The minimum Gasteiger partial charge on any atom is -0.483 e. The molecule has 0 bridgehead atoms. The molecule has 0 aliphatic heterocycles. The first kappa shape index (κ1) is 90.9. The number of nitrogens with zero attached hydrogens (tertiary/aromatic N) is 12. The van der Waals surface area contributed by atoms with Crippen molar-refractivity contribution in [1.29, 1.82) is 0 Å². The Bertz CT molecular complexity index is 3910. The Morgan fingerprint density at radius 3 is 0.800 bits per heavy atom. The summed E-state index contributed by atoms with van der Waals surface area (Å²) in [7, 11) is 23.3. The van der Waals surface area contributed by atoms with Gasteiger partial charge in [-0.15, -0.1) is 20.4 Å². The zero-order valence-electron chi connectivity index (χ0n) is 65.9. The normalized spacial score (nSPS) is 11.4. The fourth-order valence-electron chi connectivity index (χ4n) is 10.8. The average molecular weight is 1590 g/mol. The van der Waals surface area contributed by atoms with Crippen LogP contribution in [0.1, 0.15) is 98.4 Å². The van der Waals surface area contributed by atoms with Crippen LogP contribution in [0.3, 0.4) is 0 Å². The zero-order chi connectivity index (χ0) is 81.5. The van der Waals surface area contributed by atoms with Gasteiger partial charge in [-0.05, 0) is 74.2 Å². The van der Waals surface area contributed by atoms with Gasteiger partial charge in [0, 0.05) is 80.4 Å². The largest absolute Gasteiger partial charge is 0.483 e. The smallest absolute Gasteiger partial charge is 0.308 e. The van der Waals surface area contributed by atoms with E-state index in [0.717, 1.165) is 22.3 Å². The van der Waals surface area contributed by atoms with Gasteiger partial charge in [-0.1, -0.05) is 92.7 Å². The average Bonchev–Trinajstić information content (AvgIpc) is 1.72. The van der Waals surface area contributed by atoms with Gasteiger partial charge in [0.05, 0.1) is 167 Å². The first-order valence-corrected chi connectivity index (χ1v) is 38.0. The molecule has 8 radical (unpaired) electrons. The fraction of sp³-hybridized carbons (Fsp3) is 0.532. The third kappa shape index (κ3) is 35.2. The molecule has 38 heteroatoms. The lowest BCUT2D eigenvalue weighted by Crippen LogP contribution is -2.42. The molecule has 4 heterocycles. The summed E-state index contributed by atoms with van der Waals surface area (Å²) in [6.45, 7) is 14.1. The zero-order valence-corrected chi connectivity index (χ0v) is 65.9. The highest BCUT2D eigenvalue weighted by atomic mass is 16.6. The molecule has 0 N–H and O–H groups in total. The van der Waals surface area contributed by atoms with E-state index in [1.165, 1.54) is 27.7 Å². The fourth-order valence-corrected chi connectivity index (χ4v) is 10.8. The second-order valence-electron chi connectivity index (χ2n) is 26.2. The van der Waals surface area contributed by atoms with Crippen LogP contribution in [0.2, 0.25) is 0 Å². The minimum atomic E-state index is -0.790. The summed E-state index contributed by atoms with van der Waals surface area (Å²) in [4.78, 5) is 46.8. The summed E-state index contributed by atoms with van der Waals surface area (Å²) in [6.07, 6.45) is 10.8. The number of hydrogen-bond acceptors (Lipinski definition) is 30. The van der Waals surface area contributed by atoms with E-state index in [4.69, 9.17) is 117 Å². The summed E-state index contributed by atoms with van der Waals surface area (Å²) < 4.78 is 113. The van der Waals surface area contributed by atoms with Crippen LogP contribution in [0.15, 0.2) is 97.6 Å². The number of carbonyl (C=O) groups is 4. The van der Waals surface area contributed by atoms with E-state index in [-0.39, 0.29) is 103 Å². The van der Waals surface area contributed by atoms with E-state index in [0.29, 0.717) is 201 Å². The molecule has 0 aliphatic carbocycles. The highest BCUT2D eigenvalue weighted by molar-refractivity contribution is 6.09. The maximum absolute atomic E-state index is 11.7. The standard InChI is InChI=1S/C77H100B4N12O22/c1-57(94)112-69-13-9-61(41-78)37-73(69)108-49-65-45-90(86-82-65)17-5-21-98-29-31-100-23-7-25-104-53-77(55-106-35-33-102-27-19-92-47-67(84-88-92)51-110-75-39-63(43-80)11-15-71(75)114-59(3)96,56-107-36-34-103-28-20-93-48-68(85-89-93)52-111-76-40-64(44-81)12-16-72(76)115-60(4)97)54-105-26-8-24-101-32-30-99-22-6-18-91-46-66(83-87-91)50-109-74-38-62(42-79)10-14-70(74)113-58(2)95/h9-16,37-40,45-48H,5-8,17-36,41-44,49-56H2,1-4H3. The Labute approximate surface area is 674 Å². The predicted octanol–water partition coefficient (Wildman–Crippen LogP) is 5.56. The van der Waals surface area contributed by atoms with Crippen LogP contribution in [0, 0.1) is 5.41 Å². The number of benzene rings is 4. The van der Waals surface area contributed by atoms with E-state index in [1.54, 1.807) is 116 Å². The number of rotatable bonds is 62. The van der Waals surface area contributed by atoms with Crippen molar-refractivity contribution >= 4 is 55.3 Å². The summed E-state index contributed by atoms with van der Waals surface area (Å²) in [5.74, 6) is 0.700. The SMILES string of the molecule is [B]Cc1ccc(OC(C)=O)c(OCc2cn(CCCOCCOCCCOCC(COCCCOCCOCCCn3cc(COc4cc(C[B])ccc4OC(C)=O)nn3)(COCCOCCn3cc(COc4cc(C[B])ccc4OC(C)=O)nn3)COCCOCCn3cc(COc4cc(C[B])ccc4OC(C)=O)nn3)nn2)c1. The van der Waals surface area contributed by atoms with Crippen molar-refractivity contribution in [3.8, 4) is 46.0 Å². The molecule has 0 spiro atoms. The Kier molecular flexibility index (Phi) is 41.2. The topological polar surface area (TPSA) is 357 Å². The van der Waals surface area contributed by atoms with Crippen LogP contribution < -0.4 is 37.9 Å². The van der Waals surface area contributed by atoms with Crippen molar-refractivity contribution in [3.63, 3.8) is 0 Å². The molecule has 34 nitrogen and oxygen atoms in total. The van der Waals surface area contributed by atoms with Gasteiger partial charge in [0.1, 0.15) is 49.2 Å². The summed E-state index contributed by atoms with van der Waals surface area (Å²) in [5.41, 5.74) is 4.75. The summed E-state index contributed by atoms with van der Waals surface area (Å²) in [5, 5.41) is 33.8. The highest BCUT2D eigenvalue weighted by Gasteiger charge is 2.33. The lowest BCUT2D eigenvalue weighted by atomic mass is 9.92. The molecule has 0 saturated heterocycles. The summed E-state index contributed by atoms with van der Waals surface area (Å²) in [6, 6.07) is 20.5. The van der Waals surface area contributed by atoms with E-state index >= 15 is 0 Å². The maximum atomic E-state index is 11.7. The summed E-state index contributed by atoms with van der Waals surface area (Å²) >= 11 is 0. The van der Waals surface area contributed by atoms with Gasteiger partial charge < -0.3 is 85.3 Å². The van der Waals surface area contributed by atoms with Gasteiger partial charge in [0.25, 0.3) is 0 Å². The molecule has 8 aromatic rings. The third-order valence-electron chi connectivity index (χ3n) is 16.4. The predicted molar refractivity (Wildman–Crippen MR) is 415 cm³/mol. The molecule has 0 unspecified atom stereocenters. The molecular formula is C77H100B4N12O22. The van der Waals surface area contributed by atoms with Gasteiger partial charge in [-0.25, -0.2) is 9.36 Å². The lowest BCUT2D eigenvalue weighted by molar-refractivity contribution is -0.133. The van der Waals surface area contributed by atoms with Crippen molar-refractivity contribution in [2.24, 2.45) is 5.41 Å². The Morgan fingerprint density at radius 2 is 0.530 bits per heavy atom. The number of esters is 4. The second kappa shape index (κ2) is 52.1. The van der Waals surface area contributed by atoms with Gasteiger partial charge in [-0.3, -0.25) is 28.5 Å². The number of hydrogen-bond donors (Lipinski definition) is 0. The number of carbonyl (C=O) groups excluding carboxylic acids is 4. The first-order chi connectivity index (χ1) is 56.1. The molecule has 0 atom stereocenters. The Balaban J connectivity index is 0.793. The van der Waals surface area contributed by atoms with E-state index in [1.807, 2.05) is 0 Å². The molecule has 0 amide bonds.